The van der Waals surface area contributed by atoms with E-state index in [1.807, 2.05) is 26.0 Å². The van der Waals surface area contributed by atoms with Gasteiger partial charge >= 0.3 is 0 Å². The number of phenolic OH excluding ortho intramolecular Hbond substituents is 1. The molecule has 5 heteroatoms. The molecular formula is C18H22N2O2S. The number of amides is 1. The number of carbonyl (C=O) groups is 1. The molecule has 23 heavy (non-hydrogen) atoms. The number of phenols is 1. The second-order valence-electron chi connectivity index (χ2n) is 7.06. The van der Waals surface area contributed by atoms with Gasteiger partial charge < -0.3 is 15.7 Å². The molecule has 1 aromatic heterocycles. The Morgan fingerprint density at radius 3 is 2.52 bits per heavy atom. The number of hydrogen-bond donors (Lipinski definition) is 3. The maximum absolute atomic E-state index is 12.5. The molecular weight excluding hydrogens is 308 g/mol. The van der Waals surface area contributed by atoms with Gasteiger partial charge in [0.15, 0.2) is 0 Å². The number of thiophene rings is 1. The number of anilines is 1. The quantitative estimate of drug-likeness (QED) is 0.733. The normalized spacial score (nSPS) is 17.4. The molecule has 2 heterocycles. The van der Waals surface area contributed by atoms with Crippen molar-refractivity contribution in [1.82, 2.24) is 5.32 Å². The molecule has 0 saturated carbocycles. The lowest BCUT2D eigenvalue weighted by Crippen LogP contribution is -2.38. The van der Waals surface area contributed by atoms with E-state index < -0.39 is 6.17 Å². The van der Waals surface area contributed by atoms with Crippen LogP contribution < -0.4 is 10.6 Å². The molecule has 4 nitrogen and oxygen atoms in total. The standard InChI is InChI=1S/C18H22N2O2S/c1-9-10(2)23-17-14(9)16(22)19-15(20-17)12-8-11(18(3,4)5)6-7-13(12)21/h6-8,15,20-21H,1-5H3,(H,19,22). The highest BCUT2D eigenvalue weighted by molar-refractivity contribution is 7.16. The van der Waals surface area contributed by atoms with E-state index in [0.29, 0.717) is 5.56 Å². The third-order valence-corrected chi connectivity index (χ3v) is 5.51. The summed E-state index contributed by atoms with van der Waals surface area (Å²) in [5.41, 5.74) is 3.52. The average molecular weight is 330 g/mol. The number of benzene rings is 1. The highest BCUT2D eigenvalue weighted by Gasteiger charge is 2.30. The number of aryl methyl sites for hydroxylation is 1. The van der Waals surface area contributed by atoms with Crippen LogP contribution in [0.25, 0.3) is 0 Å². The van der Waals surface area contributed by atoms with Gasteiger partial charge in [-0.15, -0.1) is 11.3 Å². The van der Waals surface area contributed by atoms with E-state index in [2.05, 4.69) is 31.4 Å². The van der Waals surface area contributed by atoms with Crippen molar-refractivity contribution >= 4 is 22.2 Å². The summed E-state index contributed by atoms with van der Waals surface area (Å²) in [4.78, 5) is 13.6. The van der Waals surface area contributed by atoms with Crippen molar-refractivity contribution in [3.63, 3.8) is 0 Å². The Labute approximate surface area is 140 Å². The summed E-state index contributed by atoms with van der Waals surface area (Å²) >= 11 is 1.58. The number of fused-ring (bicyclic) bond motifs is 1. The topological polar surface area (TPSA) is 61.4 Å². The molecule has 1 unspecified atom stereocenters. The second kappa shape index (κ2) is 5.27. The molecule has 0 bridgehead atoms. The van der Waals surface area contributed by atoms with Crippen LogP contribution in [0, 0.1) is 13.8 Å². The van der Waals surface area contributed by atoms with Crippen molar-refractivity contribution in [3.8, 4) is 5.75 Å². The smallest absolute Gasteiger partial charge is 0.256 e. The first-order valence-electron chi connectivity index (χ1n) is 7.69. The lowest BCUT2D eigenvalue weighted by molar-refractivity contribution is 0.0935. The molecule has 3 rings (SSSR count). The summed E-state index contributed by atoms with van der Waals surface area (Å²) in [5.74, 6) is 0.0930. The van der Waals surface area contributed by atoms with Gasteiger partial charge in [-0.2, -0.15) is 0 Å². The van der Waals surface area contributed by atoms with Crippen LogP contribution in [-0.4, -0.2) is 11.0 Å². The molecule has 1 aromatic carbocycles. The molecule has 1 atom stereocenters. The van der Waals surface area contributed by atoms with E-state index in [4.69, 9.17) is 0 Å². The van der Waals surface area contributed by atoms with Gasteiger partial charge in [0.25, 0.3) is 5.91 Å². The lowest BCUT2D eigenvalue weighted by Gasteiger charge is -2.28. The summed E-state index contributed by atoms with van der Waals surface area (Å²) < 4.78 is 0. The van der Waals surface area contributed by atoms with Crippen LogP contribution in [0.4, 0.5) is 5.00 Å². The minimum Gasteiger partial charge on any atom is -0.508 e. The Hall–Kier alpha value is -2.01. The van der Waals surface area contributed by atoms with Gasteiger partial charge in [-0.1, -0.05) is 26.8 Å². The van der Waals surface area contributed by atoms with Crippen LogP contribution in [0.15, 0.2) is 18.2 Å². The van der Waals surface area contributed by atoms with Gasteiger partial charge in [-0.25, -0.2) is 0 Å². The molecule has 1 amide bonds. The van der Waals surface area contributed by atoms with Crippen LogP contribution in [0.3, 0.4) is 0 Å². The van der Waals surface area contributed by atoms with E-state index >= 15 is 0 Å². The van der Waals surface area contributed by atoms with Crippen molar-refractivity contribution in [2.24, 2.45) is 0 Å². The van der Waals surface area contributed by atoms with Gasteiger partial charge in [0.1, 0.15) is 16.9 Å². The van der Waals surface area contributed by atoms with E-state index in [-0.39, 0.29) is 17.1 Å². The summed E-state index contributed by atoms with van der Waals surface area (Å²) in [5, 5.41) is 17.4. The van der Waals surface area contributed by atoms with E-state index in [0.717, 1.165) is 26.6 Å². The predicted octanol–water partition coefficient (Wildman–Crippen LogP) is 4.22. The summed E-state index contributed by atoms with van der Waals surface area (Å²) in [6.45, 7) is 10.4. The lowest BCUT2D eigenvalue weighted by atomic mass is 9.85. The highest BCUT2D eigenvalue weighted by atomic mass is 32.1. The Bertz CT molecular complexity index is 787. The minimum atomic E-state index is -0.422. The average Bonchev–Trinajstić information content (AvgIpc) is 2.73. The molecule has 0 radical (unpaired) electrons. The molecule has 122 valence electrons. The third kappa shape index (κ3) is 2.70. The minimum absolute atomic E-state index is 0.0254. The van der Waals surface area contributed by atoms with Crippen LogP contribution in [0.2, 0.25) is 0 Å². The van der Waals surface area contributed by atoms with Gasteiger partial charge in [0, 0.05) is 10.4 Å². The van der Waals surface area contributed by atoms with Crippen molar-refractivity contribution in [2.45, 2.75) is 46.2 Å². The molecule has 0 fully saturated rings. The van der Waals surface area contributed by atoms with Gasteiger partial charge in [0.05, 0.1) is 5.56 Å². The van der Waals surface area contributed by atoms with Gasteiger partial charge in [0.2, 0.25) is 0 Å². The van der Waals surface area contributed by atoms with Crippen LogP contribution in [0.5, 0.6) is 5.75 Å². The zero-order valence-electron chi connectivity index (χ0n) is 14.1. The van der Waals surface area contributed by atoms with E-state index in [9.17, 15) is 9.90 Å². The van der Waals surface area contributed by atoms with E-state index in [1.54, 1.807) is 17.4 Å². The summed E-state index contributed by atoms with van der Waals surface area (Å²) in [7, 11) is 0. The maximum Gasteiger partial charge on any atom is 0.256 e. The van der Waals surface area contributed by atoms with Crippen molar-refractivity contribution < 1.29 is 9.90 Å². The molecule has 0 saturated heterocycles. The van der Waals surface area contributed by atoms with Gasteiger partial charge in [-0.05, 0) is 42.5 Å². The molecule has 0 spiro atoms. The predicted molar refractivity (Wildman–Crippen MR) is 94.4 cm³/mol. The Kier molecular flexibility index (Phi) is 3.64. The number of aromatic hydroxyl groups is 1. The zero-order chi connectivity index (χ0) is 16.9. The summed E-state index contributed by atoms with van der Waals surface area (Å²) in [6.07, 6.45) is -0.422. The van der Waals surface area contributed by atoms with Gasteiger partial charge in [-0.3, -0.25) is 4.79 Å². The molecule has 3 N–H and O–H groups in total. The third-order valence-electron chi connectivity index (χ3n) is 4.37. The second-order valence-corrected chi connectivity index (χ2v) is 8.29. The van der Waals surface area contributed by atoms with Crippen LogP contribution in [-0.2, 0) is 5.41 Å². The monoisotopic (exact) mass is 330 g/mol. The van der Waals surface area contributed by atoms with Crippen molar-refractivity contribution in [2.75, 3.05) is 5.32 Å². The van der Waals surface area contributed by atoms with Crippen LogP contribution in [0.1, 0.15) is 58.9 Å². The SMILES string of the molecule is Cc1sc2c(c1C)C(=O)NC(c1cc(C(C)(C)C)ccc1O)N2. The van der Waals surface area contributed by atoms with Crippen molar-refractivity contribution in [3.05, 3.63) is 45.3 Å². The number of nitrogens with one attached hydrogen (secondary N) is 2. The molecule has 2 aromatic rings. The molecule has 1 aliphatic rings. The number of carbonyl (C=O) groups excluding carboxylic acids is 1. The molecule has 0 aliphatic carbocycles. The Morgan fingerprint density at radius 1 is 1.17 bits per heavy atom. The fourth-order valence-electron chi connectivity index (χ4n) is 2.78. The first-order valence-corrected chi connectivity index (χ1v) is 8.51. The van der Waals surface area contributed by atoms with E-state index in [1.165, 1.54) is 0 Å². The fraction of sp³-hybridized carbons (Fsp3) is 0.389. The fourth-order valence-corrected chi connectivity index (χ4v) is 3.87. The first kappa shape index (κ1) is 15.9. The maximum atomic E-state index is 12.5. The van der Waals surface area contributed by atoms with Crippen LogP contribution >= 0.6 is 11.3 Å². The summed E-state index contributed by atoms with van der Waals surface area (Å²) in [6, 6.07) is 5.59. The number of hydrogen-bond acceptors (Lipinski definition) is 4. The molecule has 1 aliphatic heterocycles. The first-order chi connectivity index (χ1) is 10.7. The Morgan fingerprint density at radius 2 is 1.87 bits per heavy atom. The van der Waals surface area contributed by atoms with Crippen molar-refractivity contribution in [1.29, 1.82) is 0 Å². The Balaban J connectivity index is 2.02. The number of rotatable bonds is 1. The largest absolute Gasteiger partial charge is 0.508 e. The zero-order valence-corrected chi connectivity index (χ0v) is 14.9. The highest BCUT2D eigenvalue weighted by Crippen LogP contribution is 2.39.